The van der Waals surface area contributed by atoms with Crippen molar-refractivity contribution in [1.29, 1.82) is 0 Å². The molecule has 3 heterocycles. The molecule has 3 rings (SSSR count). The zero-order chi connectivity index (χ0) is 17.3. The van der Waals surface area contributed by atoms with E-state index in [0.717, 1.165) is 25.9 Å². The predicted octanol–water partition coefficient (Wildman–Crippen LogP) is 1.58. The van der Waals surface area contributed by atoms with Crippen LogP contribution in [0.15, 0.2) is 18.3 Å². The monoisotopic (exact) mass is 351 g/mol. The quantitative estimate of drug-likeness (QED) is 0.827. The van der Waals surface area contributed by atoms with Crippen LogP contribution in [0, 0.1) is 5.92 Å². The molecule has 7 heteroatoms. The molecule has 1 aromatic heterocycles. The number of amides is 1. The molecule has 0 radical (unpaired) electrons. The van der Waals surface area contributed by atoms with Gasteiger partial charge in [0.05, 0.1) is 17.1 Å². The third kappa shape index (κ3) is 3.71. The molecule has 6 nitrogen and oxygen atoms in total. The standard InChI is InChI=1S/C17H25N3O3S/c1-13-5-8-20(9-6-13)17(21)14-3-4-16(18-11-14)19(2)15-7-10-24(22,23)12-15/h3-4,11,13,15H,5-10,12H2,1-2H3. The first-order valence-corrected chi connectivity index (χ1v) is 10.4. The van der Waals surface area contributed by atoms with Crippen molar-refractivity contribution in [2.75, 3.05) is 36.5 Å². The molecule has 0 N–H and O–H groups in total. The Labute approximate surface area is 143 Å². The van der Waals surface area contributed by atoms with Crippen molar-refractivity contribution < 1.29 is 13.2 Å². The van der Waals surface area contributed by atoms with E-state index >= 15 is 0 Å². The van der Waals surface area contributed by atoms with E-state index in [9.17, 15) is 13.2 Å². The van der Waals surface area contributed by atoms with Gasteiger partial charge in [0, 0.05) is 32.4 Å². The number of hydrogen-bond donors (Lipinski definition) is 0. The highest BCUT2D eigenvalue weighted by Crippen LogP contribution is 2.22. The first-order chi connectivity index (χ1) is 11.4. The summed E-state index contributed by atoms with van der Waals surface area (Å²) < 4.78 is 23.2. The molecule has 1 atom stereocenters. The fourth-order valence-electron chi connectivity index (χ4n) is 3.38. The highest BCUT2D eigenvalue weighted by molar-refractivity contribution is 7.91. The molecule has 0 aliphatic carbocycles. The number of rotatable bonds is 3. The first kappa shape index (κ1) is 17.2. The van der Waals surface area contributed by atoms with Gasteiger partial charge in [0.2, 0.25) is 0 Å². The van der Waals surface area contributed by atoms with Crippen LogP contribution in [0.2, 0.25) is 0 Å². The van der Waals surface area contributed by atoms with E-state index in [1.165, 1.54) is 0 Å². The third-order valence-corrected chi connectivity index (χ3v) is 6.93. The van der Waals surface area contributed by atoms with E-state index in [2.05, 4.69) is 11.9 Å². The van der Waals surface area contributed by atoms with Crippen LogP contribution in [0.4, 0.5) is 5.82 Å². The molecule has 2 aliphatic rings. The second-order valence-corrected chi connectivity index (χ2v) is 9.28. The molecule has 2 fully saturated rings. The maximum Gasteiger partial charge on any atom is 0.255 e. The van der Waals surface area contributed by atoms with Crippen LogP contribution < -0.4 is 4.90 Å². The number of hydrogen-bond acceptors (Lipinski definition) is 5. The van der Waals surface area contributed by atoms with Gasteiger partial charge in [-0.25, -0.2) is 13.4 Å². The minimum Gasteiger partial charge on any atom is -0.356 e. The van der Waals surface area contributed by atoms with Gasteiger partial charge in [-0.05, 0) is 37.3 Å². The van der Waals surface area contributed by atoms with Gasteiger partial charge < -0.3 is 9.80 Å². The molecule has 0 bridgehead atoms. The SMILES string of the molecule is CC1CCN(C(=O)c2ccc(N(C)C3CCS(=O)(=O)C3)nc2)CC1. The van der Waals surface area contributed by atoms with Gasteiger partial charge in [0.15, 0.2) is 9.84 Å². The van der Waals surface area contributed by atoms with Crippen LogP contribution in [0.1, 0.15) is 36.5 Å². The van der Waals surface area contributed by atoms with E-state index < -0.39 is 9.84 Å². The molecular formula is C17H25N3O3S. The fraction of sp³-hybridized carbons (Fsp3) is 0.647. The second kappa shape index (κ2) is 6.70. The lowest BCUT2D eigenvalue weighted by Gasteiger charge is -2.30. The molecule has 24 heavy (non-hydrogen) atoms. The van der Waals surface area contributed by atoms with E-state index in [1.807, 2.05) is 22.9 Å². The number of sulfone groups is 1. The lowest BCUT2D eigenvalue weighted by molar-refractivity contribution is 0.0697. The minimum atomic E-state index is -2.92. The number of piperidine rings is 1. The van der Waals surface area contributed by atoms with Crippen molar-refractivity contribution in [3.63, 3.8) is 0 Å². The zero-order valence-electron chi connectivity index (χ0n) is 14.3. The van der Waals surface area contributed by atoms with Crippen LogP contribution in [0.3, 0.4) is 0 Å². The molecular weight excluding hydrogens is 326 g/mol. The summed E-state index contributed by atoms with van der Waals surface area (Å²) in [6.07, 6.45) is 4.34. The predicted molar refractivity (Wildman–Crippen MR) is 94.0 cm³/mol. The summed E-state index contributed by atoms with van der Waals surface area (Å²) in [5.74, 6) is 1.85. The van der Waals surface area contributed by atoms with E-state index in [0.29, 0.717) is 23.7 Å². The van der Waals surface area contributed by atoms with Crippen LogP contribution in [0.5, 0.6) is 0 Å². The van der Waals surface area contributed by atoms with E-state index in [-0.39, 0.29) is 23.5 Å². The maximum absolute atomic E-state index is 12.5. The Bertz CT molecular complexity index is 694. The Morgan fingerprint density at radius 1 is 1.25 bits per heavy atom. The number of anilines is 1. The summed E-state index contributed by atoms with van der Waals surface area (Å²) in [5, 5.41) is 0. The number of aromatic nitrogens is 1. The number of pyridine rings is 1. The smallest absolute Gasteiger partial charge is 0.255 e. The minimum absolute atomic E-state index is 0.0343. The summed E-state index contributed by atoms with van der Waals surface area (Å²) in [4.78, 5) is 20.7. The molecule has 1 amide bonds. The Kier molecular flexibility index (Phi) is 4.80. The first-order valence-electron chi connectivity index (χ1n) is 8.54. The van der Waals surface area contributed by atoms with Crippen LogP contribution in [-0.2, 0) is 9.84 Å². The Balaban J connectivity index is 1.66. The highest BCUT2D eigenvalue weighted by atomic mass is 32.2. The summed E-state index contributed by atoms with van der Waals surface area (Å²) in [6.45, 7) is 3.83. The van der Waals surface area contributed by atoms with Gasteiger partial charge in [0.25, 0.3) is 5.91 Å². The lowest BCUT2D eigenvalue weighted by atomic mass is 9.99. The normalized spacial score (nSPS) is 24.1. The van der Waals surface area contributed by atoms with Crippen molar-refractivity contribution in [2.24, 2.45) is 5.92 Å². The fourth-order valence-corrected chi connectivity index (χ4v) is 5.16. The lowest BCUT2D eigenvalue weighted by Crippen LogP contribution is -2.38. The van der Waals surface area contributed by atoms with Gasteiger partial charge in [0.1, 0.15) is 5.82 Å². The average Bonchev–Trinajstić information content (AvgIpc) is 2.94. The maximum atomic E-state index is 12.5. The summed E-state index contributed by atoms with van der Waals surface area (Å²) in [6, 6.07) is 3.57. The van der Waals surface area contributed by atoms with Gasteiger partial charge in [-0.15, -0.1) is 0 Å². The summed E-state index contributed by atoms with van der Waals surface area (Å²) in [5.41, 5.74) is 0.598. The number of carbonyl (C=O) groups is 1. The second-order valence-electron chi connectivity index (χ2n) is 7.05. The highest BCUT2D eigenvalue weighted by Gasteiger charge is 2.31. The molecule has 1 aromatic rings. The molecule has 1 unspecified atom stereocenters. The largest absolute Gasteiger partial charge is 0.356 e. The van der Waals surface area contributed by atoms with Gasteiger partial charge >= 0.3 is 0 Å². The Morgan fingerprint density at radius 3 is 2.50 bits per heavy atom. The molecule has 2 saturated heterocycles. The van der Waals surface area contributed by atoms with Crippen LogP contribution in [0.25, 0.3) is 0 Å². The van der Waals surface area contributed by atoms with Crippen LogP contribution >= 0.6 is 0 Å². The van der Waals surface area contributed by atoms with Gasteiger partial charge in [-0.3, -0.25) is 4.79 Å². The van der Waals surface area contributed by atoms with Gasteiger partial charge in [-0.2, -0.15) is 0 Å². The average molecular weight is 351 g/mol. The van der Waals surface area contributed by atoms with E-state index in [1.54, 1.807) is 12.3 Å². The van der Waals surface area contributed by atoms with Crippen molar-refractivity contribution in [2.45, 2.75) is 32.2 Å². The van der Waals surface area contributed by atoms with Crippen molar-refractivity contribution in [3.05, 3.63) is 23.9 Å². The third-order valence-electron chi connectivity index (χ3n) is 5.18. The number of carbonyl (C=O) groups excluding carboxylic acids is 1. The Morgan fingerprint density at radius 2 is 1.96 bits per heavy atom. The molecule has 0 spiro atoms. The van der Waals surface area contributed by atoms with Crippen molar-refractivity contribution >= 4 is 21.6 Å². The molecule has 0 aromatic carbocycles. The summed E-state index contributed by atoms with van der Waals surface area (Å²) >= 11 is 0. The molecule has 132 valence electrons. The topological polar surface area (TPSA) is 70.6 Å². The van der Waals surface area contributed by atoms with Gasteiger partial charge in [-0.1, -0.05) is 6.92 Å². The molecule has 2 aliphatic heterocycles. The zero-order valence-corrected chi connectivity index (χ0v) is 15.1. The number of nitrogens with zero attached hydrogens (tertiary/aromatic N) is 3. The van der Waals surface area contributed by atoms with E-state index in [4.69, 9.17) is 0 Å². The Hall–Kier alpha value is -1.63. The van der Waals surface area contributed by atoms with Crippen molar-refractivity contribution in [1.82, 2.24) is 9.88 Å². The number of likely N-dealkylation sites (tertiary alicyclic amines) is 1. The van der Waals surface area contributed by atoms with Crippen LogP contribution in [-0.4, -0.2) is 61.9 Å². The summed E-state index contributed by atoms with van der Waals surface area (Å²) in [7, 11) is -1.06. The van der Waals surface area contributed by atoms with Crippen molar-refractivity contribution in [3.8, 4) is 0 Å². The molecule has 0 saturated carbocycles.